The van der Waals surface area contributed by atoms with Gasteiger partial charge in [0.05, 0.1) is 36.9 Å². The number of nitrogens with one attached hydrogen (secondary N) is 1. The van der Waals surface area contributed by atoms with Crippen molar-refractivity contribution in [3.05, 3.63) is 35.6 Å². The van der Waals surface area contributed by atoms with Crippen LogP contribution < -0.4 is 11.1 Å². The molecule has 0 saturated heterocycles. The van der Waals surface area contributed by atoms with Crippen molar-refractivity contribution in [2.24, 2.45) is 11.8 Å². The van der Waals surface area contributed by atoms with Gasteiger partial charge < -0.3 is 20.5 Å². The van der Waals surface area contributed by atoms with Gasteiger partial charge in [-0.2, -0.15) is 0 Å². The molecule has 1 fully saturated rings. The fourth-order valence-corrected chi connectivity index (χ4v) is 4.03. The van der Waals surface area contributed by atoms with Crippen molar-refractivity contribution in [1.29, 1.82) is 0 Å². The van der Waals surface area contributed by atoms with Crippen LogP contribution in [0.2, 0.25) is 0 Å². The zero-order valence-corrected chi connectivity index (χ0v) is 15.1. The fraction of sp³-hybridized carbons (Fsp3) is 0.550. The Morgan fingerprint density at radius 2 is 2.08 bits per heavy atom. The van der Waals surface area contributed by atoms with E-state index >= 15 is 0 Å². The SMILES string of the molecule is COC(=O)c1ccc(NC(C2C=COC2)C2CCCCC2)c(N)c1C. The third kappa shape index (κ3) is 3.75. The first-order valence-electron chi connectivity index (χ1n) is 9.14. The summed E-state index contributed by atoms with van der Waals surface area (Å²) in [6.45, 7) is 2.58. The Bertz CT molecular complexity index is 651. The van der Waals surface area contributed by atoms with Crippen LogP contribution in [-0.4, -0.2) is 25.7 Å². The number of ether oxygens (including phenoxy) is 2. The Hall–Kier alpha value is -2.17. The van der Waals surface area contributed by atoms with Crippen LogP contribution in [0.1, 0.15) is 48.0 Å². The van der Waals surface area contributed by atoms with Crippen LogP contribution in [0.4, 0.5) is 11.4 Å². The van der Waals surface area contributed by atoms with Gasteiger partial charge in [-0.15, -0.1) is 0 Å². The van der Waals surface area contributed by atoms with Crippen LogP contribution >= 0.6 is 0 Å². The van der Waals surface area contributed by atoms with Gasteiger partial charge >= 0.3 is 5.97 Å². The van der Waals surface area contributed by atoms with Crippen LogP contribution in [0.25, 0.3) is 0 Å². The molecule has 1 aromatic rings. The molecule has 1 aliphatic carbocycles. The molecule has 0 amide bonds. The predicted octanol–water partition coefficient (Wildman–Crippen LogP) is 3.88. The van der Waals surface area contributed by atoms with E-state index in [2.05, 4.69) is 11.4 Å². The molecule has 0 spiro atoms. The van der Waals surface area contributed by atoms with Crippen molar-refractivity contribution in [1.82, 2.24) is 0 Å². The van der Waals surface area contributed by atoms with E-state index in [1.165, 1.54) is 39.2 Å². The first kappa shape index (κ1) is 17.6. The van der Waals surface area contributed by atoms with Crippen LogP contribution in [-0.2, 0) is 9.47 Å². The number of methoxy groups -OCH3 is 1. The molecule has 1 aliphatic heterocycles. The third-order valence-corrected chi connectivity index (χ3v) is 5.57. The lowest BCUT2D eigenvalue weighted by molar-refractivity contribution is 0.0600. The highest BCUT2D eigenvalue weighted by atomic mass is 16.5. The lowest BCUT2D eigenvalue weighted by Crippen LogP contribution is -2.38. The van der Waals surface area contributed by atoms with Crippen molar-refractivity contribution in [3.8, 4) is 0 Å². The van der Waals surface area contributed by atoms with Gasteiger partial charge in [-0.05, 0) is 49.5 Å². The summed E-state index contributed by atoms with van der Waals surface area (Å²) in [5, 5.41) is 3.68. The molecule has 25 heavy (non-hydrogen) atoms. The number of benzene rings is 1. The number of hydrogen-bond acceptors (Lipinski definition) is 5. The van der Waals surface area contributed by atoms with Gasteiger partial charge in [0.1, 0.15) is 0 Å². The Morgan fingerprint density at radius 1 is 1.32 bits per heavy atom. The van der Waals surface area contributed by atoms with Crippen molar-refractivity contribution < 1.29 is 14.3 Å². The predicted molar refractivity (Wildman–Crippen MR) is 99.5 cm³/mol. The van der Waals surface area contributed by atoms with Crippen molar-refractivity contribution >= 4 is 17.3 Å². The Labute approximate surface area is 149 Å². The largest absolute Gasteiger partial charge is 0.501 e. The maximum Gasteiger partial charge on any atom is 0.338 e. The van der Waals surface area contributed by atoms with Gasteiger partial charge in [-0.25, -0.2) is 4.79 Å². The molecule has 3 rings (SSSR count). The molecular weight excluding hydrogens is 316 g/mol. The number of hydrogen-bond donors (Lipinski definition) is 2. The van der Waals surface area contributed by atoms with Crippen LogP contribution in [0, 0.1) is 18.8 Å². The minimum atomic E-state index is -0.355. The molecule has 2 atom stereocenters. The number of carbonyl (C=O) groups is 1. The monoisotopic (exact) mass is 344 g/mol. The molecule has 0 bridgehead atoms. The van der Waals surface area contributed by atoms with Gasteiger partial charge in [0.15, 0.2) is 0 Å². The van der Waals surface area contributed by atoms with E-state index in [1.54, 1.807) is 12.3 Å². The van der Waals surface area contributed by atoms with Crippen molar-refractivity contribution in [3.63, 3.8) is 0 Å². The maximum atomic E-state index is 11.9. The zero-order valence-electron chi connectivity index (χ0n) is 15.1. The highest BCUT2D eigenvalue weighted by Gasteiger charge is 2.32. The number of carbonyl (C=O) groups excluding carboxylic acids is 1. The first-order valence-corrected chi connectivity index (χ1v) is 9.14. The number of rotatable bonds is 5. The van der Waals surface area contributed by atoms with E-state index in [0.29, 0.717) is 35.7 Å². The first-order chi connectivity index (χ1) is 12.1. The molecule has 0 radical (unpaired) electrons. The quantitative estimate of drug-likeness (QED) is 0.626. The molecule has 1 heterocycles. The van der Waals surface area contributed by atoms with Crippen LogP contribution in [0.15, 0.2) is 24.5 Å². The van der Waals surface area contributed by atoms with Crippen molar-refractivity contribution in [2.75, 3.05) is 24.8 Å². The molecule has 2 unspecified atom stereocenters. The second-order valence-electron chi connectivity index (χ2n) is 7.08. The Balaban J connectivity index is 1.84. The number of nitrogen functional groups attached to an aromatic ring is 1. The Kier molecular flexibility index (Phi) is 5.51. The van der Waals surface area contributed by atoms with Gasteiger partial charge in [0.2, 0.25) is 0 Å². The third-order valence-electron chi connectivity index (χ3n) is 5.57. The molecule has 5 heteroatoms. The van der Waals surface area contributed by atoms with Crippen molar-refractivity contribution in [2.45, 2.75) is 45.1 Å². The highest BCUT2D eigenvalue weighted by Crippen LogP contribution is 2.35. The van der Waals surface area contributed by atoms with Crippen LogP contribution in [0.5, 0.6) is 0 Å². The Morgan fingerprint density at radius 3 is 2.72 bits per heavy atom. The average Bonchev–Trinajstić information content (AvgIpc) is 3.17. The van der Waals surface area contributed by atoms with Gasteiger partial charge in [0.25, 0.3) is 0 Å². The second-order valence-corrected chi connectivity index (χ2v) is 7.08. The van der Waals surface area contributed by atoms with E-state index in [0.717, 1.165) is 11.3 Å². The van der Waals surface area contributed by atoms with E-state index < -0.39 is 0 Å². The topological polar surface area (TPSA) is 73.6 Å². The van der Waals surface area contributed by atoms with E-state index in [1.807, 2.05) is 13.0 Å². The van der Waals surface area contributed by atoms with Gasteiger partial charge in [-0.1, -0.05) is 19.3 Å². The summed E-state index contributed by atoms with van der Waals surface area (Å²) >= 11 is 0. The van der Waals surface area contributed by atoms with E-state index in [4.69, 9.17) is 15.2 Å². The number of nitrogens with two attached hydrogens (primary N) is 1. The molecule has 0 aromatic heterocycles. The van der Waals surface area contributed by atoms with E-state index in [9.17, 15) is 4.79 Å². The molecule has 5 nitrogen and oxygen atoms in total. The second kappa shape index (κ2) is 7.81. The summed E-state index contributed by atoms with van der Waals surface area (Å²) in [5.74, 6) is 0.611. The number of anilines is 2. The lowest BCUT2D eigenvalue weighted by Gasteiger charge is -2.35. The maximum absolute atomic E-state index is 11.9. The summed E-state index contributed by atoms with van der Waals surface area (Å²) in [5.41, 5.74) is 9.12. The van der Waals surface area contributed by atoms with Crippen LogP contribution in [0.3, 0.4) is 0 Å². The minimum Gasteiger partial charge on any atom is -0.501 e. The fourth-order valence-electron chi connectivity index (χ4n) is 4.03. The van der Waals surface area contributed by atoms with Gasteiger partial charge in [-0.3, -0.25) is 0 Å². The molecule has 3 N–H and O–H groups in total. The molecule has 2 aliphatic rings. The summed E-state index contributed by atoms with van der Waals surface area (Å²) in [6, 6.07) is 3.98. The van der Waals surface area contributed by atoms with E-state index in [-0.39, 0.29) is 5.97 Å². The minimum absolute atomic E-state index is 0.296. The smallest absolute Gasteiger partial charge is 0.338 e. The summed E-state index contributed by atoms with van der Waals surface area (Å²) < 4.78 is 10.3. The highest BCUT2D eigenvalue weighted by molar-refractivity contribution is 5.94. The lowest BCUT2D eigenvalue weighted by atomic mass is 9.79. The summed E-state index contributed by atoms with van der Waals surface area (Å²) in [4.78, 5) is 11.9. The average molecular weight is 344 g/mol. The number of esters is 1. The normalized spacial score (nSPS) is 21.6. The summed E-state index contributed by atoms with van der Waals surface area (Å²) in [6.07, 6.45) is 10.3. The zero-order chi connectivity index (χ0) is 17.8. The molecule has 1 aromatic carbocycles. The summed E-state index contributed by atoms with van der Waals surface area (Å²) in [7, 11) is 1.38. The molecular formula is C20H28N2O3. The standard InChI is InChI=1S/C20H28N2O3/c1-13-16(20(23)24-2)8-9-17(18(13)21)22-19(15-10-11-25-12-15)14-6-4-3-5-7-14/h8-11,14-15,19,22H,3-7,12,21H2,1-2H3. The molecule has 1 saturated carbocycles. The van der Waals surface area contributed by atoms with Gasteiger partial charge in [0, 0.05) is 12.0 Å². The molecule has 136 valence electrons.